The summed E-state index contributed by atoms with van der Waals surface area (Å²) in [7, 11) is 0. The van der Waals surface area contributed by atoms with Crippen LogP contribution in [0, 0.1) is 0 Å². The summed E-state index contributed by atoms with van der Waals surface area (Å²) in [6.07, 6.45) is -5.57. The lowest BCUT2D eigenvalue weighted by molar-refractivity contribution is -0.221. The second-order valence-corrected chi connectivity index (χ2v) is 6.00. The minimum absolute atomic E-state index is 0.0283. The molecule has 0 bridgehead atoms. The van der Waals surface area contributed by atoms with E-state index in [1.807, 2.05) is 0 Å². The van der Waals surface area contributed by atoms with Gasteiger partial charge in [0.25, 0.3) is 5.78 Å². The Kier molecular flexibility index (Phi) is 6.21. The van der Waals surface area contributed by atoms with E-state index in [2.05, 4.69) is 15.0 Å². The molecule has 1 aliphatic heterocycles. The van der Waals surface area contributed by atoms with Gasteiger partial charge in [-0.25, -0.2) is 9.78 Å². The molecule has 2 heterocycles. The number of hydrogen-bond donors (Lipinski definition) is 5. The third kappa shape index (κ3) is 3.88. The summed E-state index contributed by atoms with van der Waals surface area (Å²) in [5.74, 6) is -1.85. The molecule has 11 heteroatoms. The number of thiazole rings is 1. The predicted molar refractivity (Wildman–Crippen MR) is 80.5 cm³/mol. The Labute approximate surface area is 140 Å². The molecule has 0 spiro atoms. The normalized spacial score (nSPS) is 30.0. The van der Waals surface area contributed by atoms with E-state index < -0.39 is 49.0 Å². The molecular weight excluding hydrogens is 344 g/mol. The monoisotopic (exact) mass is 362 g/mol. The Hall–Kier alpha value is -1.63. The summed E-state index contributed by atoms with van der Waals surface area (Å²) < 4.78 is 9.86. The number of aromatic nitrogens is 1. The summed E-state index contributed by atoms with van der Waals surface area (Å²) in [6.45, 7) is 1.08. The van der Waals surface area contributed by atoms with Crippen molar-refractivity contribution in [3.05, 3.63) is 11.1 Å². The first-order chi connectivity index (χ1) is 11.4. The van der Waals surface area contributed by atoms with Crippen molar-refractivity contribution in [1.82, 2.24) is 4.98 Å². The van der Waals surface area contributed by atoms with Crippen LogP contribution in [0.4, 0.5) is 5.13 Å². The molecular formula is C13H18N2O8S. The van der Waals surface area contributed by atoms with Crippen molar-refractivity contribution in [2.24, 2.45) is 0 Å². The van der Waals surface area contributed by atoms with Crippen molar-refractivity contribution in [1.29, 1.82) is 0 Å². The molecule has 0 radical (unpaired) electrons. The Morgan fingerprint density at radius 2 is 2.04 bits per heavy atom. The number of rotatable bonds is 6. The highest BCUT2D eigenvalue weighted by atomic mass is 32.1. The van der Waals surface area contributed by atoms with Crippen molar-refractivity contribution in [2.75, 3.05) is 18.5 Å². The Balaban J connectivity index is 2.06. The molecule has 1 aromatic heterocycles. The number of carbonyl (C=O) groups is 2. The molecule has 5 atom stereocenters. The topological polar surface area (TPSA) is 158 Å². The fourth-order valence-electron chi connectivity index (χ4n) is 2.09. The van der Waals surface area contributed by atoms with Gasteiger partial charge in [0.05, 0.1) is 19.4 Å². The molecule has 1 aliphatic rings. The third-order valence-corrected chi connectivity index (χ3v) is 4.28. The standard InChI is InChI=1S/C13H18N2O8S/c1-2-22-12(21)8(18)6-3-14-13(24-6)15-11-10(20)9(19)7(17)5(4-16)23-11/h3,5,7,9-11,16-17,19-20H,2,4H2,1H3,(H,14,15)/t5-,7-,9+,10+,11-/m1/s1. The fourth-order valence-corrected chi connectivity index (χ4v) is 2.86. The summed E-state index contributed by atoms with van der Waals surface area (Å²) >= 11 is 0.831. The number of hydrogen-bond acceptors (Lipinski definition) is 11. The van der Waals surface area contributed by atoms with Crippen LogP contribution in [0.5, 0.6) is 0 Å². The Morgan fingerprint density at radius 1 is 1.33 bits per heavy atom. The molecule has 134 valence electrons. The van der Waals surface area contributed by atoms with Gasteiger partial charge in [0, 0.05) is 0 Å². The molecule has 0 saturated carbocycles. The maximum atomic E-state index is 11.8. The first-order valence-electron chi connectivity index (χ1n) is 7.13. The molecule has 0 aromatic carbocycles. The number of anilines is 1. The number of Topliss-reactive ketones (excluding diaryl/α,β-unsaturated/α-hetero) is 1. The van der Waals surface area contributed by atoms with Gasteiger partial charge in [0.2, 0.25) is 0 Å². The Bertz CT molecular complexity index is 592. The van der Waals surface area contributed by atoms with Crippen molar-refractivity contribution in [2.45, 2.75) is 37.6 Å². The first-order valence-corrected chi connectivity index (χ1v) is 7.95. The van der Waals surface area contributed by atoms with E-state index in [-0.39, 0.29) is 16.6 Å². The second kappa shape index (κ2) is 7.96. The van der Waals surface area contributed by atoms with Gasteiger partial charge in [-0.15, -0.1) is 0 Å². The minimum Gasteiger partial charge on any atom is -0.460 e. The highest BCUT2D eigenvalue weighted by Crippen LogP contribution is 2.25. The summed E-state index contributed by atoms with van der Waals surface area (Å²) in [4.78, 5) is 27.1. The number of ketones is 1. The number of carbonyl (C=O) groups excluding carboxylic acids is 2. The van der Waals surface area contributed by atoms with Crippen LogP contribution in [-0.2, 0) is 14.3 Å². The Morgan fingerprint density at radius 3 is 2.67 bits per heavy atom. The van der Waals surface area contributed by atoms with E-state index in [1.54, 1.807) is 6.92 Å². The average Bonchev–Trinajstić information content (AvgIpc) is 3.03. The predicted octanol–water partition coefficient (Wildman–Crippen LogP) is -1.90. The highest BCUT2D eigenvalue weighted by Gasteiger charge is 2.43. The van der Waals surface area contributed by atoms with Crippen LogP contribution in [0.15, 0.2) is 6.20 Å². The zero-order chi connectivity index (χ0) is 17.9. The molecule has 1 aromatic rings. The van der Waals surface area contributed by atoms with Gasteiger partial charge in [-0.05, 0) is 6.92 Å². The van der Waals surface area contributed by atoms with Gasteiger partial charge in [0.15, 0.2) is 11.4 Å². The van der Waals surface area contributed by atoms with Gasteiger partial charge in [-0.3, -0.25) is 4.79 Å². The lowest BCUT2D eigenvalue weighted by Gasteiger charge is -2.40. The molecule has 0 amide bonds. The van der Waals surface area contributed by atoms with E-state index in [4.69, 9.17) is 9.84 Å². The van der Waals surface area contributed by atoms with Gasteiger partial charge in [-0.1, -0.05) is 11.3 Å². The van der Waals surface area contributed by atoms with Crippen LogP contribution in [0.1, 0.15) is 16.6 Å². The smallest absolute Gasteiger partial charge is 0.380 e. The summed E-state index contributed by atoms with van der Waals surface area (Å²) in [5, 5.41) is 41.2. The molecule has 24 heavy (non-hydrogen) atoms. The summed E-state index contributed by atoms with van der Waals surface area (Å²) in [5.41, 5.74) is 0. The van der Waals surface area contributed by atoms with Crippen LogP contribution in [0.3, 0.4) is 0 Å². The molecule has 1 saturated heterocycles. The zero-order valence-electron chi connectivity index (χ0n) is 12.7. The van der Waals surface area contributed by atoms with Gasteiger partial charge in [-0.2, -0.15) is 0 Å². The SMILES string of the molecule is CCOC(=O)C(=O)c1cnc(N[C@@H]2O[C@H](CO)[C@@H](O)[C@H](O)[C@@H]2O)s1. The van der Waals surface area contributed by atoms with Gasteiger partial charge < -0.3 is 35.2 Å². The van der Waals surface area contributed by atoms with E-state index in [9.17, 15) is 24.9 Å². The molecule has 2 rings (SSSR count). The van der Waals surface area contributed by atoms with Crippen molar-refractivity contribution in [3.8, 4) is 0 Å². The van der Waals surface area contributed by atoms with E-state index in [1.165, 1.54) is 0 Å². The molecule has 0 aliphatic carbocycles. The van der Waals surface area contributed by atoms with Crippen molar-refractivity contribution < 1.29 is 39.5 Å². The summed E-state index contributed by atoms with van der Waals surface area (Å²) in [6, 6.07) is 0. The van der Waals surface area contributed by atoms with Crippen LogP contribution in [0.25, 0.3) is 0 Å². The largest absolute Gasteiger partial charge is 0.460 e. The minimum atomic E-state index is -1.53. The van der Waals surface area contributed by atoms with Gasteiger partial charge >= 0.3 is 5.97 Å². The first kappa shape index (κ1) is 18.7. The van der Waals surface area contributed by atoms with E-state index in [0.29, 0.717) is 0 Å². The zero-order valence-corrected chi connectivity index (χ0v) is 13.5. The number of aliphatic hydroxyl groups is 4. The van der Waals surface area contributed by atoms with Crippen LogP contribution in [0.2, 0.25) is 0 Å². The lowest BCUT2D eigenvalue weighted by atomic mass is 9.98. The van der Waals surface area contributed by atoms with Crippen LogP contribution in [-0.4, -0.2) is 81.0 Å². The lowest BCUT2D eigenvalue weighted by Crippen LogP contribution is -2.60. The number of aliphatic hydroxyl groups excluding tert-OH is 4. The number of esters is 1. The van der Waals surface area contributed by atoms with Crippen LogP contribution < -0.4 is 5.32 Å². The average molecular weight is 362 g/mol. The van der Waals surface area contributed by atoms with E-state index >= 15 is 0 Å². The quantitative estimate of drug-likeness (QED) is 0.220. The second-order valence-electron chi connectivity index (χ2n) is 4.97. The number of nitrogens with one attached hydrogen (secondary N) is 1. The molecule has 1 fully saturated rings. The number of nitrogens with zero attached hydrogens (tertiary/aromatic N) is 1. The maximum absolute atomic E-state index is 11.8. The molecule has 5 N–H and O–H groups in total. The number of ether oxygens (including phenoxy) is 2. The maximum Gasteiger partial charge on any atom is 0.380 e. The van der Waals surface area contributed by atoms with Crippen LogP contribution >= 0.6 is 11.3 Å². The molecule has 0 unspecified atom stereocenters. The fraction of sp³-hybridized carbons (Fsp3) is 0.615. The van der Waals surface area contributed by atoms with Gasteiger partial charge in [0.1, 0.15) is 29.3 Å². The van der Waals surface area contributed by atoms with E-state index in [0.717, 1.165) is 17.5 Å². The highest BCUT2D eigenvalue weighted by molar-refractivity contribution is 7.18. The van der Waals surface area contributed by atoms with Crippen molar-refractivity contribution in [3.63, 3.8) is 0 Å². The molecule has 10 nitrogen and oxygen atoms in total. The third-order valence-electron chi connectivity index (χ3n) is 3.35. The van der Waals surface area contributed by atoms with Crippen molar-refractivity contribution >= 4 is 28.2 Å².